The maximum absolute atomic E-state index is 13.6. The molecule has 136 valence electrons. The van der Waals surface area contributed by atoms with E-state index in [9.17, 15) is 14.0 Å². The maximum Gasteiger partial charge on any atom is 0.341 e. The average Bonchev–Trinajstić information content (AvgIpc) is 3.04. The Balaban J connectivity index is 1.73. The van der Waals surface area contributed by atoms with E-state index >= 15 is 0 Å². The van der Waals surface area contributed by atoms with Crippen LogP contribution in [0.15, 0.2) is 35.1 Å². The summed E-state index contributed by atoms with van der Waals surface area (Å²) in [6.45, 7) is 2.79. The molecule has 2 aromatic heterocycles. The van der Waals surface area contributed by atoms with Gasteiger partial charge in [-0.3, -0.25) is 4.79 Å². The van der Waals surface area contributed by atoms with Crippen LogP contribution in [0.4, 0.5) is 4.39 Å². The summed E-state index contributed by atoms with van der Waals surface area (Å²) in [5.41, 5.74) is -0.258. The number of ether oxygens (including phenoxy) is 2. The fraction of sp³-hybridized carbons (Fsp3) is 0.294. The van der Waals surface area contributed by atoms with Crippen LogP contribution >= 0.6 is 11.3 Å². The third-order valence-electron chi connectivity index (χ3n) is 3.45. The van der Waals surface area contributed by atoms with Crippen LogP contribution in [0.3, 0.4) is 0 Å². The summed E-state index contributed by atoms with van der Waals surface area (Å²) < 4.78 is 25.1. The molecule has 3 rings (SSSR count). The van der Waals surface area contributed by atoms with Gasteiger partial charge < -0.3 is 9.47 Å². The van der Waals surface area contributed by atoms with E-state index in [2.05, 4.69) is 10.1 Å². The third kappa shape index (κ3) is 4.12. The number of nitrogens with zero attached hydrogens (tertiary/aromatic N) is 3. The standard InChI is InChI=1S/C17H16FN3O4S/c1-2-24-8-7-14-20-21-15(22)9-11(19-17(21)26-14)10-25-16(23)12-5-3-4-6-13(12)18/h3-6,9H,2,7-8,10H2,1H3. The van der Waals surface area contributed by atoms with Crippen LogP contribution in [0.2, 0.25) is 0 Å². The molecule has 0 aliphatic carbocycles. The van der Waals surface area contributed by atoms with Crippen molar-refractivity contribution in [3.8, 4) is 0 Å². The van der Waals surface area contributed by atoms with Crippen molar-refractivity contribution in [1.82, 2.24) is 14.6 Å². The molecule has 2 heterocycles. The fourth-order valence-corrected chi connectivity index (χ4v) is 3.12. The minimum atomic E-state index is -0.813. The van der Waals surface area contributed by atoms with Crippen molar-refractivity contribution in [3.63, 3.8) is 0 Å². The maximum atomic E-state index is 13.6. The van der Waals surface area contributed by atoms with Gasteiger partial charge in [0.05, 0.1) is 17.9 Å². The highest BCUT2D eigenvalue weighted by molar-refractivity contribution is 7.16. The van der Waals surface area contributed by atoms with Crippen molar-refractivity contribution in [2.75, 3.05) is 13.2 Å². The van der Waals surface area contributed by atoms with E-state index in [1.807, 2.05) is 6.92 Å². The van der Waals surface area contributed by atoms with E-state index < -0.39 is 11.8 Å². The summed E-state index contributed by atoms with van der Waals surface area (Å²) in [6.07, 6.45) is 0.582. The number of hydrogen-bond acceptors (Lipinski definition) is 7. The molecule has 0 fully saturated rings. The summed E-state index contributed by atoms with van der Waals surface area (Å²) in [5.74, 6) is -1.48. The van der Waals surface area contributed by atoms with Gasteiger partial charge in [0.25, 0.3) is 5.56 Å². The minimum absolute atomic E-state index is 0.165. The highest BCUT2D eigenvalue weighted by Crippen LogP contribution is 2.13. The van der Waals surface area contributed by atoms with Crippen molar-refractivity contribution in [2.45, 2.75) is 20.0 Å². The number of carbonyl (C=O) groups is 1. The Morgan fingerprint density at radius 2 is 2.15 bits per heavy atom. The zero-order chi connectivity index (χ0) is 18.5. The van der Waals surface area contributed by atoms with Gasteiger partial charge in [-0.05, 0) is 19.1 Å². The molecule has 0 spiro atoms. The smallest absolute Gasteiger partial charge is 0.341 e. The van der Waals surface area contributed by atoms with Crippen LogP contribution < -0.4 is 5.56 Å². The van der Waals surface area contributed by atoms with Crippen LogP contribution in [0.5, 0.6) is 0 Å². The molecule has 3 aromatic rings. The lowest BCUT2D eigenvalue weighted by molar-refractivity contribution is 0.0462. The Labute approximate surface area is 152 Å². The minimum Gasteiger partial charge on any atom is -0.455 e. The number of esters is 1. The van der Waals surface area contributed by atoms with Gasteiger partial charge in [-0.15, -0.1) is 0 Å². The van der Waals surface area contributed by atoms with Crippen LogP contribution in [0.25, 0.3) is 4.96 Å². The summed E-state index contributed by atoms with van der Waals surface area (Å²) >= 11 is 1.27. The first-order valence-electron chi connectivity index (χ1n) is 7.96. The molecule has 0 N–H and O–H groups in total. The normalized spacial score (nSPS) is 11.0. The van der Waals surface area contributed by atoms with Gasteiger partial charge in [0.1, 0.15) is 17.4 Å². The van der Waals surface area contributed by atoms with Crippen LogP contribution in [0.1, 0.15) is 28.0 Å². The molecule has 0 atom stereocenters. The monoisotopic (exact) mass is 377 g/mol. The van der Waals surface area contributed by atoms with Crippen LogP contribution in [-0.4, -0.2) is 33.8 Å². The molecule has 0 saturated carbocycles. The van der Waals surface area contributed by atoms with Gasteiger partial charge in [0.15, 0.2) is 0 Å². The van der Waals surface area contributed by atoms with Gasteiger partial charge in [-0.1, -0.05) is 23.5 Å². The largest absolute Gasteiger partial charge is 0.455 e. The number of aromatic nitrogens is 3. The van der Waals surface area contributed by atoms with Crippen molar-refractivity contribution >= 4 is 22.3 Å². The molecule has 1 aromatic carbocycles. The predicted octanol–water partition coefficient (Wildman–Crippen LogP) is 2.23. The van der Waals surface area contributed by atoms with E-state index in [0.717, 1.165) is 5.01 Å². The highest BCUT2D eigenvalue weighted by Gasteiger charge is 2.14. The molecule has 0 bridgehead atoms. The number of hydrogen-bond donors (Lipinski definition) is 0. The van der Waals surface area contributed by atoms with E-state index in [1.54, 1.807) is 0 Å². The summed E-state index contributed by atoms with van der Waals surface area (Å²) in [7, 11) is 0. The van der Waals surface area contributed by atoms with E-state index in [-0.39, 0.29) is 23.4 Å². The van der Waals surface area contributed by atoms with Crippen molar-refractivity contribution in [1.29, 1.82) is 0 Å². The zero-order valence-electron chi connectivity index (χ0n) is 14.0. The van der Waals surface area contributed by atoms with Crippen molar-refractivity contribution in [2.24, 2.45) is 0 Å². The summed E-state index contributed by atoms with van der Waals surface area (Å²) in [4.78, 5) is 28.8. The first-order valence-corrected chi connectivity index (χ1v) is 8.78. The molecular formula is C17H16FN3O4S. The lowest BCUT2D eigenvalue weighted by atomic mass is 10.2. The lowest BCUT2D eigenvalue weighted by Crippen LogP contribution is -2.17. The first-order chi connectivity index (χ1) is 12.6. The molecule has 26 heavy (non-hydrogen) atoms. The molecule has 9 heteroatoms. The number of benzene rings is 1. The molecule has 0 aliphatic rings. The average molecular weight is 377 g/mol. The lowest BCUT2D eigenvalue weighted by Gasteiger charge is -2.05. The Morgan fingerprint density at radius 3 is 2.92 bits per heavy atom. The van der Waals surface area contributed by atoms with Gasteiger partial charge in [-0.25, -0.2) is 14.2 Å². The predicted molar refractivity (Wildman–Crippen MR) is 92.9 cm³/mol. The van der Waals surface area contributed by atoms with Crippen LogP contribution in [0, 0.1) is 5.82 Å². The second kappa shape index (κ2) is 8.15. The molecule has 0 unspecified atom stereocenters. The Bertz CT molecular complexity index is 986. The van der Waals surface area contributed by atoms with Gasteiger partial charge in [0, 0.05) is 19.1 Å². The van der Waals surface area contributed by atoms with Crippen molar-refractivity contribution < 1.29 is 18.7 Å². The van der Waals surface area contributed by atoms with Crippen LogP contribution in [-0.2, 0) is 22.5 Å². The first kappa shape index (κ1) is 18.2. The zero-order valence-corrected chi connectivity index (χ0v) is 14.8. The number of fused-ring (bicyclic) bond motifs is 1. The van der Waals surface area contributed by atoms with Crippen molar-refractivity contribution in [3.05, 3.63) is 62.8 Å². The number of halogens is 1. The molecule has 0 aliphatic heterocycles. The van der Waals surface area contributed by atoms with Gasteiger partial charge >= 0.3 is 5.97 Å². The molecular weight excluding hydrogens is 361 g/mol. The van der Waals surface area contributed by atoms with Gasteiger partial charge in [0.2, 0.25) is 4.96 Å². The quantitative estimate of drug-likeness (QED) is 0.464. The third-order valence-corrected chi connectivity index (χ3v) is 4.42. The molecule has 0 amide bonds. The van der Waals surface area contributed by atoms with E-state index in [4.69, 9.17) is 9.47 Å². The molecule has 0 radical (unpaired) electrons. The SMILES string of the molecule is CCOCCc1nn2c(=O)cc(COC(=O)c3ccccc3F)nc2s1. The van der Waals surface area contributed by atoms with E-state index in [0.29, 0.717) is 24.6 Å². The van der Waals surface area contributed by atoms with E-state index in [1.165, 1.54) is 46.2 Å². The second-order valence-corrected chi connectivity index (χ2v) is 6.32. The Morgan fingerprint density at radius 1 is 1.35 bits per heavy atom. The highest BCUT2D eigenvalue weighted by atomic mass is 32.1. The number of carbonyl (C=O) groups excluding carboxylic acids is 1. The molecule has 0 saturated heterocycles. The topological polar surface area (TPSA) is 82.8 Å². The summed E-state index contributed by atoms with van der Waals surface area (Å²) in [6, 6.07) is 6.77. The second-order valence-electron chi connectivity index (χ2n) is 5.28. The Kier molecular flexibility index (Phi) is 5.69. The number of rotatable bonds is 7. The Hall–Kier alpha value is -2.65. The molecule has 7 nitrogen and oxygen atoms in total. The fourth-order valence-electron chi connectivity index (χ4n) is 2.22. The van der Waals surface area contributed by atoms with Gasteiger partial charge in [-0.2, -0.15) is 9.61 Å². The summed E-state index contributed by atoms with van der Waals surface area (Å²) in [5, 5.41) is 4.93.